The molecule has 2 aromatic carbocycles. The minimum atomic E-state index is -0.358. The molecule has 3 aromatic rings. The molecule has 0 radical (unpaired) electrons. The highest BCUT2D eigenvalue weighted by molar-refractivity contribution is 7.17. The van der Waals surface area contributed by atoms with Crippen molar-refractivity contribution in [2.45, 2.75) is 26.8 Å². The average molecular weight is 445 g/mol. The van der Waals surface area contributed by atoms with Gasteiger partial charge in [0.25, 0.3) is 5.91 Å². The molecule has 0 spiro atoms. The molecule has 1 aliphatic heterocycles. The van der Waals surface area contributed by atoms with E-state index in [9.17, 15) is 9.59 Å². The first-order chi connectivity index (χ1) is 14.1. The van der Waals surface area contributed by atoms with Crippen LogP contribution in [0.4, 0.5) is 5.00 Å². The molecule has 0 unspecified atom stereocenters. The van der Waals surface area contributed by atoms with E-state index in [-0.39, 0.29) is 24.3 Å². The molecule has 0 atom stereocenters. The highest BCUT2D eigenvalue weighted by Crippen LogP contribution is 2.38. The number of likely N-dealkylation sites (N-methyl/N-ethyl adjacent to an activating group) is 1. The number of anilines is 1. The molecule has 1 amide bonds. The van der Waals surface area contributed by atoms with Crippen molar-refractivity contribution in [2.75, 3.05) is 25.0 Å². The number of nitrogens with zero attached hydrogens (tertiary/aromatic N) is 1. The third kappa shape index (κ3) is 4.36. The van der Waals surface area contributed by atoms with Gasteiger partial charge in [-0.1, -0.05) is 37.3 Å². The molecule has 158 valence electrons. The summed E-state index contributed by atoms with van der Waals surface area (Å²) in [6.45, 7) is 6.91. The van der Waals surface area contributed by atoms with Gasteiger partial charge in [0.1, 0.15) is 5.00 Å². The SMILES string of the molecule is CCOC(=O)c1c(NC(=O)c2ccc3ccccc3c2)sc2c1CCN(CC)C2.Cl. The Morgan fingerprint density at radius 3 is 2.63 bits per heavy atom. The Bertz CT molecular complexity index is 1080. The highest BCUT2D eigenvalue weighted by atomic mass is 35.5. The zero-order chi connectivity index (χ0) is 20.4. The number of amides is 1. The third-order valence-electron chi connectivity index (χ3n) is 5.30. The summed E-state index contributed by atoms with van der Waals surface area (Å²) in [4.78, 5) is 29.1. The molecule has 0 bridgehead atoms. The van der Waals surface area contributed by atoms with Crippen molar-refractivity contribution in [3.8, 4) is 0 Å². The van der Waals surface area contributed by atoms with Crippen molar-refractivity contribution >= 4 is 51.4 Å². The summed E-state index contributed by atoms with van der Waals surface area (Å²) in [7, 11) is 0. The van der Waals surface area contributed by atoms with Crippen molar-refractivity contribution < 1.29 is 14.3 Å². The summed E-state index contributed by atoms with van der Waals surface area (Å²) in [6.07, 6.45) is 0.791. The Balaban J connectivity index is 0.00000256. The smallest absolute Gasteiger partial charge is 0.341 e. The number of carbonyl (C=O) groups excluding carboxylic acids is 2. The first-order valence-corrected chi connectivity index (χ1v) is 10.8. The summed E-state index contributed by atoms with van der Waals surface area (Å²) in [5.74, 6) is -0.573. The lowest BCUT2D eigenvalue weighted by Crippen LogP contribution is -2.30. The van der Waals surface area contributed by atoms with Crippen LogP contribution >= 0.6 is 23.7 Å². The largest absolute Gasteiger partial charge is 0.462 e. The zero-order valence-corrected chi connectivity index (χ0v) is 18.7. The lowest BCUT2D eigenvalue weighted by atomic mass is 10.0. The topological polar surface area (TPSA) is 58.6 Å². The number of thiophene rings is 1. The maximum absolute atomic E-state index is 13.0. The summed E-state index contributed by atoms with van der Waals surface area (Å²) in [5, 5.41) is 5.66. The quantitative estimate of drug-likeness (QED) is 0.554. The lowest BCUT2D eigenvalue weighted by Gasteiger charge is -2.25. The molecule has 1 N–H and O–H groups in total. The molecule has 5 nitrogen and oxygen atoms in total. The number of carbonyl (C=O) groups is 2. The van der Waals surface area contributed by atoms with E-state index in [4.69, 9.17) is 4.74 Å². The van der Waals surface area contributed by atoms with Gasteiger partial charge in [-0.15, -0.1) is 23.7 Å². The van der Waals surface area contributed by atoms with Crippen LogP contribution in [0.3, 0.4) is 0 Å². The van der Waals surface area contributed by atoms with Crippen LogP contribution in [0.15, 0.2) is 42.5 Å². The van der Waals surface area contributed by atoms with E-state index in [0.717, 1.165) is 47.3 Å². The third-order valence-corrected chi connectivity index (χ3v) is 6.43. The second kappa shape index (κ2) is 9.60. The van der Waals surface area contributed by atoms with E-state index in [0.29, 0.717) is 22.7 Å². The van der Waals surface area contributed by atoms with E-state index in [1.807, 2.05) is 42.5 Å². The summed E-state index contributed by atoms with van der Waals surface area (Å²) in [5.41, 5.74) is 2.11. The molecule has 2 heterocycles. The number of hydrogen-bond donors (Lipinski definition) is 1. The van der Waals surface area contributed by atoms with E-state index in [2.05, 4.69) is 17.1 Å². The fourth-order valence-corrected chi connectivity index (χ4v) is 5.01. The molecule has 0 fully saturated rings. The summed E-state index contributed by atoms with van der Waals surface area (Å²) in [6, 6.07) is 13.6. The number of halogens is 1. The number of ether oxygens (including phenoxy) is 1. The minimum Gasteiger partial charge on any atom is -0.462 e. The molecule has 0 saturated heterocycles. The molecule has 0 saturated carbocycles. The van der Waals surface area contributed by atoms with Crippen LogP contribution in [0, 0.1) is 0 Å². The minimum absolute atomic E-state index is 0. The molecule has 4 rings (SSSR count). The van der Waals surface area contributed by atoms with Gasteiger partial charge in [0.15, 0.2) is 0 Å². The highest BCUT2D eigenvalue weighted by Gasteiger charge is 2.29. The van der Waals surface area contributed by atoms with Gasteiger partial charge in [0, 0.05) is 23.5 Å². The number of fused-ring (bicyclic) bond motifs is 2. The summed E-state index contributed by atoms with van der Waals surface area (Å²) < 4.78 is 5.29. The van der Waals surface area contributed by atoms with Gasteiger partial charge in [-0.25, -0.2) is 4.79 Å². The van der Waals surface area contributed by atoms with Gasteiger partial charge in [0.2, 0.25) is 0 Å². The van der Waals surface area contributed by atoms with Crippen LogP contribution in [0.5, 0.6) is 0 Å². The van der Waals surface area contributed by atoms with Gasteiger partial charge >= 0.3 is 5.97 Å². The first kappa shape index (κ1) is 22.3. The Hall–Kier alpha value is -2.41. The first-order valence-electron chi connectivity index (χ1n) is 9.94. The lowest BCUT2D eigenvalue weighted by molar-refractivity contribution is 0.0526. The number of esters is 1. The molecular weight excluding hydrogens is 420 g/mol. The maximum atomic E-state index is 13.0. The van der Waals surface area contributed by atoms with Crippen molar-refractivity contribution in [2.24, 2.45) is 0 Å². The zero-order valence-electron chi connectivity index (χ0n) is 17.1. The van der Waals surface area contributed by atoms with E-state index in [1.165, 1.54) is 11.3 Å². The molecule has 7 heteroatoms. The number of rotatable bonds is 5. The van der Waals surface area contributed by atoms with Crippen molar-refractivity contribution in [3.63, 3.8) is 0 Å². The maximum Gasteiger partial charge on any atom is 0.341 e. The predicted octanol–water partition coefficient (Wildman–Crippen LogP) is 5.13. The average Bonchev–Trinajstić information content (AvgIpc) is 3.10. The fourth-order valence-electron chi connectivity index (χ4n) is 3.74. The van der Waals surface area contributed by atoms with Gasteiger partial charge < -0.3 is 10.1 Å². The van der Waals surface area contributed by atoms with Gasteiger partial charge in [-0.2, -0.15) is 0 Å². The van der Waals surface area contributed by atoms with E-state index >= 15 is 0 Å². The van der Waals surface area contributed by atoms with Crippen molar-refractivity contribution in [1.82, 2.24) is 4.90 Å². The standard InChI is InChI=1S/C23H24N2O3S.ClH/c1-3-25-12-11-18-19(14-25)29-22(20(18)23(27)28-4-2)24-21(26)17-10-9-15-7-5-6-8-16(15)13-17;/h5-10,13H,3-4,11-12,14H2,1-2H3,(H,24,26);1H. The second-order valence-corrected chi connectivity index (χ2v) is 8.17. The monoisotopic (exact) mass is 444 g/mol. The summed E-state index contributed by atoms with van der Waals surface area (Å²) >= 11 is 1.49. The van der Waals surface area contributed by atoms with Gasteiger partial charge in [-0.05, 0) is 48.4 Å². The molecular formula is C23H25ClN2O3S. The fraction of sp³-hybridized carbons (Fsp3) is 0.304. The molecule has 30 heavy (non-hydrogen) atoms. The van der Waals surface area contributed by atoms with Crippen LogP contribution in [0.1, 0.15) is 45.0 Å². The van der Waals surface area contributed by atoms with E-state index in [1.54, 1.807) is 6.92 Å². The number of nitrogens with one attached hydrogen (secondary N) is 1. The Morgan fingerprint density at radius 1 is 1.13 bits per heavy atom. The van der Waals surface area contributed by atoms with Crippen LogP contribution in [-0.2, 0) is 17.7 Å². The van der Waals surface area contributed by atoms with Crippen LogP contribution in [0.25, 0.3) is 10.8 Å². The van der Waals surface area contributed by atoms with Gasteiger partial charge in [-0.3, -0.25) is 9.69 Å². The van der Waals surface area contributed by atoms with Crippen LogP contribution in [-0.4, -0.2) is 36.5 Å². The van der Waals surface area contributed by atoms with Gasteiger partial charge in [0.05, 0.1) is 12.2 Å². The number of benzene rings is 2. The second-order valence-electron chi connectivity index (χ2n) is 7.06. The Labute approximate surface area is 186 Å². The van der Waals surface area contributed by atoms with Crippen LogP contribution in [0.2, 0.25) is 0 Å². The molecule has 1 aromatic heterocycles. The predicted molar refractivity (Wildman–Crippen MR) is 124 cm³/mol. The van der Waals surface area contributed by atoms with E-state index < -0.39 is 0 Å². The molecule has 1 aliphatic rings. The normalized spacial score (nSPS) is 13.4. The van der Waals surface area contributed by atoms with Crippen molar-refractivity contribution in [3.05, 3.63) is 64.0 Å². The molecule has 0 aliphatic carbocycles. The Morgan fingerprint density at radius 2 is 1.90 bits per heavy atom. The van der Waals surface area contributed by atoms with Crippen molar-refractivity contribution in [1.29, 1.82) is 0 Å². The van der Waals surface area contributed by atoms with Crippen LogP contribution < -0.4 is 5.32 Å². The number of hydrogen-bond acceptors (Lipinski definition) is 5. The Kier molecular flexibility index (Phi) is 7.13.